The van der Waals surface area contributed by atoms with Crippen LogP contribution >= 0.6 is 0 Å². The Balaban J connectivity index is 1.37. The molecule has 8 heteroatoms. The van der Waals surface area contributed by atoms with E-state index in [1.54, 1.807) is 53.4 Å². The van der Waals surface area contributed by atoms with Crippen molar-refractivity contribution in [3.8, 4) is 0 Å². The SMILES string of the molecule is Cc1ccc2oc(=O)c3ccc(C(=O)N4CCN(c5ccc(C(=O)O)cc5)CC4)cc3n12. The number of piperazine rings is 1. The number of rotatable bonds is 3. The molecule has 8 nitrogen and oxygen atoms in total. The minimum Gasteiger partial charge on any atom is -0.478 e. The highest BCUT2D eigenvalue weighted by Crippen LogP contribution is 2.21. The Morgan fingerprint density at radius 2 is 1.59 bits per heavy atom. The van der Waals surface area contributed by atoms with Crippen molar-refractivity contribution in [2.24, 2.45) is 0 Å². The van der Waals surface area contributed by atoms with Gasteiger partial charge in [0.2, 0.25) is 5.71 Å². The molecule has 3 heterocycles. The molecule has 4 aromatic rings. The molecule has 1 aliphatic rings. The number of benzene rings is 2. The largest absolute Gasteiger partial charge is 0.478 e. The van der Waals surface area contributed by atoms with E-state index in [2.05, 4.69) is 4.90 Å². The number of nitrogens with zero attached hydrogens (tertiary/aromatic N) is 3. The molecule has 0 bridgehead atoms. The fourth-order valence-electron chi connectivity index (χ4n) is 4.24. The standard InChI is InChI=1S/C24H21N3O5/c1-15-2-9-21-27(15)20-14-17(5-8-19(20)24(31)32-21)22(28)26-12-10-25(11-13-26)18-6-3-16(4-7-18)23(29)30/h2-9,14H,10-13H2,1H3,(H,29,30). The number of anilines is 1. The molecule has 1 fully saturated rings. The van der Waals surface area contributed by atoms with Gasteiger partial charge < -0.3 is 19.3 Å². The fourth-order valence-corrected chi connectivity index (χ4v) is 4.24. The molecular weight excluding hydrogens is 410 g/mol. The smallest absolute Gasteiger partial charge is 0.346 e. The van der Waals surface area contributed by atoms with E-state index in [9.17, 15) is 14.4 Å². The molecule has 0 unspecified atom stereocenters. The minimum atomic E-state index is -0.951. The lowest BCUT2D eigenvalue weighted by atomic mass is 10.1. The number of hydrogen-bond donors (Lipinski definition) is 1. The summed E-state index contributed by atoms with van der Waals surface area (Å²) >= 11 is 0. The molecule has 162 valence electrons. The average Bonchev–Trinajstić information content (AvgIpc) is 3.19. The van der Waals surface area contributed by atoms with Crippen molar-refractivity contribution in [3.05, 3.63) is 81.8 Å². The third kappa shape index (κ3) is 3.30. The van der Waals surface area contributed by atoms with Gasteiger partial charge in [-0.1, -0.05) is 0 Å². The molecule has 1 N–H and O–H groups in total. The van der Waals surface area contributed by atoms with Crippen LogP contribution in [0.4, 0.5) is 5.69 Å². The number of aryl methyl sites for hydroxylation is 1. The summed E-state index contributed by atoms with van der Waals surface area (Å²) in [6, 6.07) is 15.4. The van der Waals surface area contributed by atoms with Crippen LogP contribution in [0.1, 0.15) is 26.4 Å². The van der Waals surface area contributed by atoms with Crippen LogP contribution in [-0.2, 0) is 0 Å². The normalized spacial score (nSPS) is 14.3. The summed E-state index contributed by atoms with van der Waals surface area (Å²) in [6.45, 7) is 4.31. The first-order valence-electron chi connectivity index (χ1n) is 10.3. The quantitative estimate of drug-likeness (QED) is 0.536. The van der Waals surface area contributed by atoms with Gasteiger partial charge in [-0.15, -0.1) is 0 Å². The summed E-state index contributed by atoms with van der Waals surface area (Å²) in [7, 11) is 0. The highest BCUT2D eigenvalue weighted by molar-refractivity contribution is 5.98. The first kappa shape index (κ1) is 19.9. The minimum absolute atomic E-state index is 0.0843. The van der Waals surface area contributed by atoms with Gasteiger partial charge in [0.05, 0.1) is 16.5 Å². The van der Waals surface area contributed by atoms with Crippen LogP contribution in [0.2, 0.25) is 0 Å². The van der Waals surface area contributed by atoms with E-state index in [1.165, 1.54) is 0 Å². The van der Waals surface area contributed by atoms with E-state index in [4.69, 9.17) is 9.52 Å². The Labute approximate surface area is 182 Å². The van der Waals surface area contributed by atoms with Gasteiger partial charge in [0.1, 0.15) is 0 Å². The molecule has 1 aliphatic heterocycles. The molecule has 32 heavy (non-hydrogen) atoms. The zero-order chi connectivity index (χ0) is 22.4. The molecule has 2 aromatic heterocycles. The average molecular weight is 431 g/mol. The van der Waals surface area contributed by atoms with E-state index in [0.29, 0.717) is 48.4 Å². The predicted molar refractivity (Wildman–Crippen MR) is 120 cm³/mol. The zero-order valence-corrected chi connectivity index (χ0v) is 17.4. The van der Waals surface area contributed by atoms with Gasteiger partial charge in [-0.2, -0.15) is 0 Å². The first-order chi connectivity index (χ1) is 15.4. The lowest BCUT2D eigenvalue weighted by Crippen LogP contribution is -2.48. The second-order valence-corrected chi connectivity index (χ2v) is 7.90. The van der Waals surface area contributed by atoms with Crippen molar-refractivity contribution >= 4 is 34.2 Å². The fraction of sp³-hybridized carbons (Fsp3) is 0.208. The van der Waals surface area contributed by atoms with Crippen LogP contribution < -0.4 is 10.5 Å². The Kier molecular flexibility index (Phi) is 4.70. The van der Waals surface area contributed by atoms with Crippen LogP contribution in [0, 0.1) is 6.92 Å². The molecule has 1 saturated heterocycles. The lowest BCUT2D eigenvalue weighted by Gasteiger charge is -2.36. The third-order valence-electron chi connectivity index (χ3n) is 5.99. The molecule has 0 atom stereocenters. The molecular formula is C24H21N3O5. The summed E-state index contributed by atoms with van der Waals surface area (Å²) < 4.78 is 7.20. The highest BCUT2D eigenvalue weighted by atomic mass is 16.4. The Bertz CT molecular complexity index is 1410. The van der Waals surface area contributed by atoms with Crippen LogP contribution in [0.5, 0.6) is 0 Å². The summed E-state index contributed by atoms with van der Waals surface area (Å²) in [5, 5.41) is 9.48. The second kappa shape index (κ2) is 7.56. The van der Waals surface area contributed by atoms with Gasteiger partial charge in [-0.05, 0) is 55.5 Å². The van der Waals surface area contributed by atoms with E-state index in [1.807, 2.05) is 17.4 Å². The van der Waals surface area contributed by atoms with Crippen LogP contribution in [-0.4, -0.2) is 52.5 Å². The van der Waals surface area contributed by atoms with Gasteiger partial charge in [-0.25, -0.2) is 9.59 Å². The van der Waals surface area contributed by atoms with Gasteiger partial charge in [0, 0.05) is 49.2 Å². The number of carboxylic acids is 1. The summed E-state index contributed by atoms with van der Waals surface area (Å²) in [5.74, 6) is -1.04. The topological polar surface area (TPSA) is 95.5 Å². The molecule has 0 aliphatic carbocycles. The van der Waals surface area contributed by atoms with Crippen LogP contribution in [0.25, 0.3) is 16.6 Å². The van der Waals surface area contributed by atoms with Crippen molar-refractivity contribution in [2.75, 3.05) is 31.1 Å². The lowest BCUT2D eigenvalue weighted by molar-refractivity contribution is 0.0695. The maximum atomic E-state index is 13.2. The zero-order valence-electron chi connectivity index (χ0n) is 17.4. The summed E-state index contributed by atoms with van der Waals surface area (Å²) in [6.07, 6.45) is 0. The number of carboxylic acid groups (broad SMARTS) is 1. The van der Waals surface area contributed by atoms with Crippen LogP contribution in [0.3, 0.4) is 0 Å². The van der Waals surface area contributed by atoms with Gasteiger partial charge >= 0.3 is 11.6 Å². The number of carbonyl (C=O) groups is 2. The number of fused-ring (bicyclic) bond motifs is 3. The number of aromatic carboxylic acids is 1. The molecule has 1 amide bonds. The number of amides is 1. The Morgan fingerprint density at radius 3 is 2.28 bits per heavy atom. The molecule has 5 rings (SSSR count). The number of carbonyl (C=O) groups excluding carboxylic acids is 1. The second-order valence-electron chi connectivity index (χ2n) is 7.90. The maximum absolute atomic E-state index is 13.2. The first-order valence-corrected chi connectivity index (χ1v) is 10.3. The van der Waals surface area contributed by atoms with Crippen LogP contribution in [0.15, 0.2) is 63.8 Å². The molecule has 0 saturated carbocycles. The van der Waals surface area contributed by atoms with E-state index in [0.717, 1.165) is 11.4 Å². The summed E-state index contributed by atoms with van der Waals surface area (Å²) in [5.41, 5.74) is 3.31. The monoisotopic (exact) mass is 431 g/mol. The Morgan fingerprint density at radius 1 is 0.906 bits per heavy atom. The van der Waals surface area contributed by atoms with Crippen molar-refractivity contribution in [2.45, 2.75) is 6.92 Å². The van der Waals surface area contributed by atoms with Crippen molar-refractivity contribution in [3.63, 3.8) is 0 Å². The van der Waals surface area contributed by atoms with Crippen molar-refractivity contribution in [1.29, 1.82) is 0 Å². The van der Waals surface area contributed by atoms with Gasteiger partial charge in [0.25, 0.3) is 5.91 Å². The maximum Gasteiger partial charge on any atom is 0.346 e. The number of hydrogen-bond acceptors (Lipinski definition) is 5. The van der Waals surface area contributed by atoms with Gasteiger partial charge in [0.15, 0.2) is 0 Å². The van der Waals surface area contributed by atoms with E-state index in [-0.39, 0.29) is 11.5 Å². The predicted octanol–water partition coefficient (Wildman–Crippen LogP) is 3.01. The van der Waals surface area contributed by atoms with Crippen molar-refractivity contribution in [1.82, 2.24) is 9.30 Å². The summed E-state index contributed by atoms with van der Waals surface area (Å²) in [4.78, 5) is 40.5. The molecule has 2 aromatic carbocycles. The van der Waals surface area contributed by atoms with E-state index < -0.39 is 11.6 Å². The molecule has 0 spiro atoms. The van der Waals surface area contributed by atoms with Crippen molar-refractivity contribution < 1.29 is 19.1 Å². The Hall–Kier alpha value is -4.07. The third-order valence-corrected chi connectivity index (χ3v) is 5.99. The van der Waals surface area contributed by atoms with Gasteiger partial charge in [-0.3, -0.25) is 9.20 Å². The highest BCUT2D eigenvalue weighted by Gasteiger charge is 2.23. The molecule has 0 radical (unpaired) electrons. The number of aromatic nitrogens is 1. The van der Waals surface area contributed by atoms with E-state index >= 15 is 0 Å².